The summed E-state index contributed by atoms with van der Waals surface area (Å²) in [6, 6.07) is -0.218. The molecule has 98 valence electrons. The minimum atomic E-state index is -0.850. The van der Waals surface area contributed by atoms with Crippen molar-refractivity contribution in [1.29, 1.82) is 0 Å². The molecule has 0 amide bonds. The monoisotopic (exact) mass is 260 g/mol. The number of tetrazole rings is 1. The Morgan fingerprint density at radius 2 is 2.32 bits per heavy atom. The number of carboxylic acid groups (broad SMARTS) is 1. The molecule has 1 fully saturated rings. The summed E-state index contributed by atoms with van der Waals surface area (Å²) in [5.41, 5.74) is 0.545. The number of carbonyl (C=O) groups is 1. The van der Waals surface area contributed by atoms with E-state index in [4.69, 9.17) is 5.11 Å². The van der Waals surface area contributed by atoms with Crippen LogP contribution in [0.1, 0.15) is 25.3 Å². The maximum absolute atomic E-state index is 11.0. The minimum Gasteiger partial charge on any atom is -0.481 e. The lowest BCUT2D eigenvalue weighted by Gasteiger charge is -2.15. The second-order valence-corrected chi connectivity index (χ2v) is 4.54. The van der Waals surface area contributed by atoms with E-state index >= 15 is 0 Å². The first-order chi connectivity index (χ1) is 9.25. The fraction of sp³-hybridized carbons (Fsp3) is 0.455. The Hall–Kier alpha value is -2.38. The maximum atomic E-state index is 11.0. The van der Waals surface area contributed by atoms with Gasteiger partial charge in [0.05, 0.1) is 18.7 Å². The van der Waals surface area contributed by atoms with Gasteiger partial charge in [0, 0.05) is 12.4 Å². The van der Waals surface area contributed by atoms with Crippen molar-refractivity contribution in [2.75, 3.05) is 0 Å². The SMILES string of the molecule is O=C(O)CC(C1CC1)n1nnnc1-c1cnccn1. The Labute approximate surface area is 108 Å². The Kier molecular flexibility index (Phi) is 2.90. The van der Waals surface area contributed by atoms with Gasteiger partial charge in [0.2, 0.25) is 5.82 Å². The lowest BCUT2D eigenvalue weighted by atomic mass is 10.1. The Morgan fingerprint density at radius 3 is 2.95 bits per heavy atom. The van der Waals surface area contributed by atoms with Gasteiger partial charge in [-0.3, -0.25) is 9.78 Å². The molecule has 0 bridgehead atoms. The Balaban J connectivity index is 1.96. The summed E-state index contributed by atoms with van der Waals surface area (Å²) in [7, 11) is 0. The number of hydrogen-bond donors (Lipinski definition) is 1. The molecule has 0 radical (unpaired) electrons. The number of hydrogen-bond acceptors (Lipinski definition) is 6. The van der Waals surface area contributed by atoms with E-state index in [0.29, 0.717) is 17.4 Å². The van der Waals surface area contributed by atoms with Crippen molar-refractivity contribution in [1.82, 2.24) is 30.2 Å². The van der Waals surface area contributed by atoms with Crippen LogP contribution in [0.2, 0.25) is 0 Å². The lowest BCUT2D eigenvalue weighted by Crippen LogP contribution is -2.18. The molecule has 0 saturated heterocycles. The van der Waals surface area contributed by atoms with E-state index in [1.807, 2.05) is 0 Å². The first kappa shape index (κ1) is 11.7. The predicted octanol–water partition coefficient (Wildman–Crippen LogP) is 0.556. The van der Waals surface area contributed by atoms with Gasteiger partial charge in [-0.05, 0) is 29.2 Å². The van der Waals surface area contributed by atoms with Gasteiger partial charge in [0.25, 0.3) is 0 Å². The second kappa shape index (κ2) is 4.71. The summed E-state index contributed by atoms with van der Waals surface area (Å²) in [5, 5.41) is 20.5. The molecular weight excluding hydrogens is 248 g/mol. The highest BCUT2D eigenvalue weighted by molar-refractivity contribution is 5.67. The van der Waals surface area contributed by atoms with Gasteiger partial charge in [0.1, 0.15) is 5.69 Å². The highest BCUT2D eigenvalue weighted by Gasteiger charge is 2.36. The van der Waals surface area contributed by atoms with Crippen molar-refractivity contribution < 1.29 is 9.90 Å². The molecule has 2 aromatic rings. The van der Waals surface area contributed by atoms with Crippen LogP contribution in [0.5, 0.6) is 0 Å². The molecule has 2 aromatic heterocycles. The summed E-state index contributed by atoms with van der Waals surface area (Å²) in [5.74, 6) is -0.0567. The molecule has 1 unspecified atom stereocenters. The van der Waals surface area contributed by atoms with Gasteiger partial charge in [-0.1, -0.05) is 0 Å². The summed E-state index contributed by atoms with van der Waals surface area (Å²) < 4.78 is 1.57. The van der Waals surface area contributed by atoms with Gasteiger partial charge in [-0.15, -0.1) is 5.10 Å². The van der Waals surface area contributed by atoms with E-state index in [1.54, 1.807) is 23.3 Å². The van der Waals surface area contributed by atoms with Crippen molar-refractivity contribution >= 4 is 5.97 Å². The van der Waals surface area contributed by atoms with Crippen LogP contribution in [0.4, 0.5) is 0 Å². The smallest absolute Gasteiger partial charge is 0.305 e. The summed E-state index contributed by atoms with van der Waals surface area (Å²) >= 11 is 0. The third-order valence-corrected chi connectivity index (χ3v) is 3.15. The molecule has 3 rings (SSSR count). The van der Waals surface area contributed by atoms with Crippen molar-refractivity contribution in [3.8, 4) is 11.5 Å². The highest BCUT2D eigenvalue weighted by atomic mass is 16.4. The molecule has 8 heteroatoms. The van der Waals surface area contributed by atoms with Crippen molar-refractivity contribution in [3.63, 3.8) is 0 Å². The van der Waals surface area contributed by atoms with E-state index in [9.17, 15) is 4.79 Å². The fourth-order valence-corrected chi connectivity index (χ4v) is 2.11. The van der Waals surface area contributed by atoms with E-state index in [-0.39, 0.29) is 12.5 Å². The zero-order valence-corrected chi connectivity index (χ0v) is 10.0. The Morgan fingerprint density at radius 1 is 1.47 bits per heavy atom. The van der Waals surface area contributed by atoms with Gasteiger partial charge in [-0.25, -0.2) is 9.67 Å². The first-order valence-electron chi connectivity index (χ1n) is 6.01. The molecule has 0 spiro atoms. The number of aliphatic carboxylic acids is 1. The molecule has 0 aliphatic heterocycles. The van der Waals surface area contributed by atoms with Crippen LogP contribution in [-0.4, -0.2) is 41.3 Å². The predicted molar refractivity (Wildman–Crippen MR) is 62.9 cm³/mol. The number of nitrogens with zero attached hydrogens (tertiary/aromatic N) is 6. The molecule has 1 N–H and O–H groups in total. The maximum Gasteiger partial charge on any atom is 0.305 e. The van der Waals surface area contributed by atoms with Gasteiger partial charge in [0.15, 0.2) is 0 Å². The second-order valence-electron chi connectivity index (χ2n) is 4.54. The topological polar surface area (TPSA) is 107 Å². The third-order valence-electron chi connectivity index (χ3n) is 3.15. The molecule has 0 aromatic carbocycles. The number of rotatable bonds is 5. The minimum absolute atomic E-state index is 0.0168. The summed E-state index contributed by atoms with van der Waals surface area (Å²) in [4.78, 5) is 19.1. The average molecular weight is 260 g/mol. The van der Waals surface area contributed by atoms with E-state index in [1.165, 1.54) is 0 Å². The van der Waals surface area contributed by atoms with Crippen molar-refractivity contribution in [2.24, 2.45) is 5.92 Å². The summed E-state index contributed by atoms with van der Waals surface area (Å²) in [6.07, 6.45) is 6.72. The number of aromatic nitrogens is 6. The molecule has 1 aliphatic rings. The Bertz CT molecular complexity index is 580. The molecule has 1 atom stereocenters. The summed E-state index contributed by atoms with van der Waals surface area (Å²) in [6.45, 7) is 0. The standard InChI is InChI=1S/C11H12N6O2/c18-10(19)5-9(7-1-2-7)17-11(14-15-16-17)8-6-12-3-4-13-8/h3-4,6-7,9H,1-2,5H2,(H,18,19). The van der Waals surface area contributed by atoms with Crippen LogP contribution in [0.3, 0.4) is 0 Å². The van der Waals surface area contributed by atoms with Crippen LogP contribution in [0.25, 0.3) is 11.5 Å². The van der Waals surface area contributed by atoms with E-state index in [0.717, 1.165) is 12.8 Å². The quantitative estimate of drug-likeness (QED) is 0.836. The third kappa shape index (κ3) is 2.42. The van der Waals surface area contributed by atoms with Gasteiger partial charge >= 0.3 is 5.97 Å². The molecule has 2 heterocycles. The van der Waals surface area contributed by atoms with Crippen LogP contribution >= 0.6 is 0 Å². The zero-order valence-electron chi connectivity index (χ0n) is 10.0. The van der Waals surface area contributed by atoms with E-state index in [2.05, 4.69) is 25.5 Å². The van der Waals surface area contributed by atoms with E-state index < -0.39 is 5.97 Å². The fourth-order valence-electron chi connectivity index (χ4n) is 2.11. The molecule has 8 nitrogen and oxygen atoms in total. The van der Waals surface area contributed by atoms with Crippen LogP contribution in [0, 0.1) is 5.92 Å². The number of carboxylic acids is 1. The highest BCUT2D eigenvalue weighted by Crippen LogP contribution is 2.42. The van der Waals surface area contributed by atoms with Crippen LogP contribution in [0.15, 0.2) is 18.6 Å². The van der Waals surface area contributed by atoms with Crippen LogP contribution < -0.4 is 0 Å². The largest absolute Gasteiger partial charge is 0.481 e. The molecule has 1 aliphatic carbocycles. The molecule has 1 saturated carbocycles. The van der Waals surface area contributed by atoms with Crippen molar-refractivity contribution in [3.05, 3.63) is 18.6 Å². The van der Waals surface area contributed by atoms with Crippen LogP contribution in [-0.2, 0) is 4.79 Å². The zero-order chi connectivity index (χ0) is 13.2. The van der Waals surface area contributed by atoms with Gasteiger partial charge < -0.3 is 5.11 Å². The average Bonchev–Trinajstić information content (AvgIpc) is 3.14. The normalized spacial score (nSPS) is 16.2. The first-order valence-corrected chi connectivity index (χ1v) is 6.01. The molecule has 19 heavy (non-hydrogen) atoms. The molecular formula is C11H12N6O2. The lowest BCUT2D eigenvalue weighted by molar-refractivity contribution is -0.138. The van der Waals surface area contributed by atoms with Crippen molar-refractivity contribution in [2.45, 2.75) is 25.3 Å². The van der Waals surface area contributed by atoms with Gasteiger partial charge in [-0.2, -0.15) is 0 Å².